The molecule has 0 unspecified atom stereocenters. The molecule has 2 heterocycles. The highest BCUT2D eigenvalue weighted by atomic mass is 16.3. The lowest BCUT2D eigenvalue weighted by molar-refractivity contribution is 0.131. The number of aromatic nitrogens is 4. The van der Waals surface area contributed by atoms with Gasteiger partial charge in [0.15, 0.2) is 5.82 Å². The fourth-order valence-electron chi connectivity index (χ4n) is 3.76. The Kier molecular flexibility index (Phi) is 4.08. The number of hydrogen-bond acceptors (Lipinski definition) is 4. The van der Waals surface area contributed by atoms with Crippen LogP contribution < -0.4 is 5.32 Å². The Hall–Kier alpha value is -2.18. The molecule has 0 saturated heterocycles. The third kappa shape index (κ3) is 2.95. The van der Waals surface area contributed by atoms with Crippen molar-refractivity contribution in [3.8, 4) is 0 Å². The van der Waals surface area contributed by atoms with Crippen LogP contribution in [0.5, 0.6) is 0 Å². The first-order chi connectivity index (χ1) is 11.7. The first-order valence-corrected chi connectivity index (χ1v) is 8.53. The van der Waals surface area contributed by atoms with E-state index in [1.807, 2.05) is 13.1 Å². The molecule has 0 spiro atoms. The summed E-state index contributed by atoms with van der Waals surface area (Å²) in [6.45, 7) is 3.51. The third-order valence-corrected chi connectivity index (χ3v) is 5.03. The number of nitrogens with zero attached hydrogens (tertiary/aromatic N) is 2. The average molecular weight is 325 g/mol. The number of H-pyrrole nitrogens is 2. The Bertz CT molecular complexity index is 824. The van der Waals surface area contributed by atoms with Gasteiger partial charge in [0.25, 0.3) is 0 Å². The van der Waals surface area contributed by atoms with E-state index in [2.05, 4.69) is 49.7 Å². The van der Waals surface area contributed by atoms with Crippen LogP contribution in [0.4, 0.5) is 0 Å². The van der Waals surface area contributed by atoms with Crippen LogP contribution in [0, 0.1) is 12.8 Å². The van der Waals surface area contributed by atoms with Gasteiger partial charge in [-0.05, 0) is 42.7 Å². The molecule has 3 atom stereocenters. The molecule has 0 amide bonds. The van der Waals surface area contributed by atoms with E-state index in [0.717, 1.165) is 37.6 Å². The van der Waals surface area contributed by atoms with Crippen LogP contribution in [-0.4, -0.2) is 37.9 Å². The van der Waals surface area contributed by atoms with Crippen molar-refractivity contribution in [2.45, 2.75) is 38.3 Å². The van der Waals surface area contributed by atoms with Gasteiger partial charge in [-0.3, -0.25) is 5.10 Å². The molecule has 0 radical (unpaired) electrons. The molecule has 1 aliphatic carbocycles. The van der Waals surface area contributed by atoms with Crippen molar-refractivity contribution in [2.75, 3.05) is 6.54 Å². The smallest absolute Gasteiger partial charge is 0.153 e. The van der Waals surface area contributed by atoms with Gasteiger partial charge >= 0.3 is 0 Å². The number of rotatable bonds is 5. The van der Waals surface area contributed by atoms with Crippen molar-refractivity contribution < 1.29 is 5.11 Å². The minimum Gasteiger partial charge on any atom is -0.393 e. The van der Waals surface area contributed by atoms with Crippen LogP contribution in [0.1, 0.15) is 36.0 Å². The summed E-state index contributed by atoms with van der Waals surface area (Å²) in [6.07, 6.45) is 3.36. The Balaban J connectivity index is 1.35. The minimum absolute atomic E-state index is 0.247. The molecule has 24 heavy (non-hydrogen) atoms. The van der Waals surface area contributed by atoms with E-state index < -0.39 is 0 Å². The van der Waals surface area contributed by atoms with Gasteiger partial charge in [0.2, 0.25) is 0 Å². The lowest BCUT2D eigenvalue weighted by atomic mass is 10.0. The molecule has 3 aromatic rings. The zero-order valence-electron chi connectivity index (χ0n) is 13.8. The van der Waals surface area contributed by atoms with Crippen LogP contribution in [0.3, 0.4) is 0 Å². The fourth-order valence-corrected chi connectivity index (χ4v) is 3.76. The number of aliphatic hydroxyl groups excluding tert-OH is 1. The summed E-state index contributed by atoms with van der Waals surface area (Å²) < 4.78 is 0. The van der Waals surface area contributed by atoms with Crippen LogP contribution in [-0.2, 0) is 6.54 Å². The lowest BCUT2D eigenvalue weighted by Crippen LogP contribution is -2.27. The Morgan fingerprint density at radius 1 is 1.29 bits per heavy atom. The number of aryl methyl sites for hydroxylation is 1. The fraction of sp³-hybridized carbons (Fsp3) is 0.444. The van der Waals surface area contributed by atoms with Crippen molar-refractivity contribution >= 4 is 10.9 Å². The monoisotopic (exact) mass is 325 g/mol. The molecule has 126 valence electrons. The summed E-state index contributed by atoms with van der Waals surface area (Å²) in [5, 5.41) is 22.2. The number of nitrogens with one attached hydrogen (secondary N) is 3. The molecular formula is C18H23N5O. The largest absolute Gasteiger partial charge is 0.393 e. The van der Waals surface area contributed by atoms with Crippen molar-refractivity contribution in [3.63, 3.8) is 0 Å². The van der Waals surface area contributed by atoms with E-state index in [0.29, 0.717) is 0 Å². The van der Waals surface area contributed by atoms with E-state index in [1.54, 1.807) is 0 Å². The SMILES string of the molecule is Cc1nc([C@H]2C[C@H](CNCc3cccc4cc[nH]c34)[C@H](O)C2)n[nH]1. The molecule has 1 saturated carbocycles. The topological polar surface area (TPSA) is 89.6 Å². The van der Waals surface area contributed by atoms with E-state index in [4.69, 9.17) is 0 Å². The number of aliphatic hydroxyl groups is 1. The number of para-hydroxylation sites is 1. The van der Waals surface area contributed by atoms with Gasteiger partial charge < -0.3 is 15.4 Å². The number of aromatic amines is 2. The highest BCUT2D eigenvalue weighted by Crippen LogP contribution is 2.36. The average Bonchev–Trinajstić information content (AvgIpc) is 3.28. The van der Waals surface area contributed by atoms with Gasteiger partial charge in [-0.25, -0.2) is 4.98 Å². The first kappa shape index (κ1) is 15.4. The van der Waals surface area contributed by atoms with Crippen molar-refractivity contribution in [2.24, 2.45) is 5.92 Å². The van der Waals surface area contributed by atoms with Gasteiger partial charge in [0, 0.05) is 30.7 Å². The molecule has 0 bridgehead atoms. The first-order valence-electron chi connectivity index (χ1n) is 8.53. The summed E-state index contributed by atoms with van der Waals surface area (Å²) >= 11 is 0. The van der Waals surface area contributed by atoms with Gasteiger partial charge in [0.05, 0.1) is 6.10 Å². The zero-order valence-corrected chi connectivity index (χ0v) is 13.8. The van der Waals surface area contributed by atoms with Crippen LogP contribution in [0.25, 0.3) is 10.9 Å². The molecule has 2 aromatic heterocycles. The van der Waals surface area contributed by atoms with E-state index in [9.17, 15) is 5.11 Å². The second kappa shape index (κ2) is 6.37. The van der Waals surface area contributed by atoms with Crippen LogP contribution >= 0.6 is 0 Å². The maximum atomic E-state index is 10.4. The highest BCUT2D eigenvalue weighted by molar-refractivity contribution is 5.82. The Morgan fingerprint density at radius 3 is 3.04 bits per heavy atom. The summed E-state index contributed by atoms with van der Waals surface area (Å²) in [7, 11) is 0. The van der Waals surface area contributed by atoms with E-state index in [1.165, 1.54) is 16.5 Å². The molecule has 6 heteroatoms. The maximum Gasteiger partial charge on any atom is 0.153 e. The van der Waals surface area contributed by atoms with Crippen LogP contribution in [0.2, 0.25) is 0 Å². The molecular weight excluding hydrogens is 302 g/mol. The molecule has 4 N–H and O–H groups in total. The molecule has 4 rings (SSSR count). The summed E-state index contributed by atoms with van der Waals surface area (Å²) in [5.41, 5.74) is 2.44. The maximum absolute atomic E-state index is 10.4. The Morgan fingerprint density at radius 2 is 2.21 bits per heavy atom. The van der Waals surface area contributed by atoms with E-state index >= 15 is 0 Å². The quantitative estimate of drug-likeness (QED) is 0.579. The summed E-state index contributed by atoms with van der Waals surface area (Å²) in [5.74, 6) is 2.17. The molecule has 0 aliphatic heterocycles. The molecule has 1 aromatic carbocycles. The van der Waals surface area contributed by atoms with Crippen molar-refractivity contribution in [1.29, 1.82) is 0 Å². The number of benzene rings is 1. The highest BCUT2D eigenvalue weighted by Gasteiger charge is 2.35. The van der Waals surface area contributed by atoms with E-state index in [-0.39, 0.29) is 17.9 Å². The molecule has 1 aliphatic rings. The third-order valence-electron chi connectivity index (χ3n) is 5.03. The van der Waals surface area contributed by atoms with Crippen LogP contribution in [0.15, 0.2) is 30.5 Å². The number of hydrogen-bond donors (Lipinski definition) is 4. The Labute approximate surface area is 140 Å². The predicted octanol–water partition coefficient (Wildman–Crippen LogP) is 2.24. The van der Waals surface area contributed by atoms with Gasteiger partial charge in [0.1, 0.15) is 5.82 Å². The normalized spacial score (nSPS) is 24.0. The molecule has 6 nitrogen and oxygen atoms in total. The standard InChI is InChI=1S/C18H23N5O/c1-11-21-18(23-22-11)14-7-15(16(24)8-14)10-19-9-13-4-2-3-12-5-6-20-17(12)13/h2-6,14-16,19-20,24H,7-10H2,1H3,(H,21,22,23)/t14-,15+,16+/m0/s1. The second-order valence-corrected chi connectivity index (χ2v) is 6.76. The van der Waals surface area contributed by atoms with Gasteiger partial charge in [-0.15, -0.1) is 0 Å². The van der Waals surface area contributed by atoms with Gasteiger partial charge in [-0.1, -0.05) is 18.2 Å². The predicted molar refractivity (Wildman–Crippen MR) is 92.6 cm³/mol. The second-order valence-electron chi connectivity index (χ2n) is 6.76. The van der Waals surface area contributed by atoms with Crippen molar-refractivity contribution in [3.05, 3.63) is 47.7 Å². The van der Waals surface area contributed by atoms with Gasteiger partial charge in [-0.2, -0.15) is 5.10 Å². The van der Waals surface area contributed by atoms with Crippen molar-refractivity contribution in [1.82, 2.24) is 25.5 Å². The lowest BCUT2D eigenvalue weighted by Gasteiger charge is -2.15. The summed E-state index contributed by atoms with van der Waals surface area (Å²) in [6, 6.07) is 8.41. The zero-order chi connectivity index (χ0) is 16.5. The minimum atomic E-state index is -0.289. The summed E-state index contributed by atoms with van der Waals surface area (Å²) in [4.78, 5) is 7.71. The number of fused-ring (bicyclic) bond motifs is 1. The molecule has 1 fully saturated rings.